The Hall–Kier alpha value is 0.230. The van der Waals surface area contributed by atoms with E-state index in [0.29, 0.717) is 5.41 Å². The molecular weight excluding hydrogens is 268 g/mol. The molecule has 2 atom stereocenters. The molecule has 0 radical (unpaired) electrons. The summed E-state index contributed by atoms with van der Waals surface area (Å²) in [5.41, 5.74) is 0.356. The number of hydrogen-bond acceptors (Lipinski definition) is 4. The lowest BCUT2D eigenvalue weighted by Crippen LogP contribution is -2.49. The molecule has 2 fully saturated rings. The van der Waals surface area contributed by atoms with Crippen LogP contribution in [0, 0.1) is 11.3 Å². The van der Waals surface area contributed by atoms with Crippen LogP contribution in [-0.4, -0.2) is 61.8 Å². The van der Waals surface area contributed by atoms with Crippen molar-refractivity contribution in [3.8, 4) is 0 Å². The van der Waals surface area contributed by atoms with Crippen molar-refractivity contribution >= 4 is 11.8 Å². The van der Waals surface area contributed by atoms with Crippen molar-refractivity contribution in [2.24, 2.45) is 11.3 Å². The number of nitrogens with one attached hydrogen (secondary N) is 1. The van der Waals surface area contributed by atoms with Crippen LogP contribution in [0.25, 0.3) is 0 Å². The first-order valence-corrected chi connectivity index (χ1v) is 9.31. The van der Waals surface area contributed by atoms with E-state index in [0.717, 1.165) is 37.5 Å². The van der Waals surface area contributed by atoms with E-state index in [-0.39, 0.29) is 0 Å². The maximum atomic E-state index is 5.74. The molecule has 0 aromatic heterocycles. The standard InChI is InChI=1S/C16H32N2OS/c1-4-15-10-18(6-8-20-15)12-16(5-7-19-13-16)11-17-9-14(2)3/h14-15,17H,4-13H2,1-3H3. The predicted molar refractivity (Wildman–Crippen MR) is 88.6 cm³/mol. The molecule has 2 aliphatic heterocycles. The fourth-order valence-corrected chi connectivity index (χ4v) is 4.49. The molecule has 20 heavy (non-hydrogen) atoms. The van der Waals surface area contributed by atoms with Gasteiger partial charge in [-0.25, -0.2) is 0 Å². The first kappa shape index (κ1) is 16.6. The minimum absolute atomic E-state index is 0.356. The largest absolute Gasteiger partial charge is 0.381 e. The Bertz CT molecular complexity index is 280. The second-order valence-corrected chi connectivity index (χ2v) is 8.37. The summed E-state index contributed by atoms with van der Waals surface area (Å²) in [4.78, 5) is 2.69. The topological polar surface area (TPSA) is 24.5 Å². The molecule has 1 N–H and O–H groups in total. The third-order valence-corrected chi connectivity index (χ3v) is 5.85. The normalized spacial score (nSPS) is 32.1. The monoisotopic (exact) mass is 300 g/mol. The number of thioether (sulfide) groups is 1. The van der Waals surface area contributed by atoms with Crippen LogP contribution in [0.3, 0.4) is 0 Å². The Labute approximate surface area is 129 Å². The second-order valence-electron chi connectivity index (χ2n) is 6.96. The fraction of sp³-hybridized carbons (Fsp3) is 1.00. The van der Waals surface area contributed by atoms with Gasteiger partial charge in [-0.05, 0) is 25.3 Å². The molecule has 2 aliphatic rings. The Kier molecular flexibility index (Phi) is 6.66. The lowest BCUT2D eigenvalue weighted by Gasteiger charge is -2.38. The molecular formula is C16H32N2OS. The molecule has 0 amide bonds. The minimum atomic E-state index is 0.356. The summed E-state index contributed by atoms with van der Waals surface area (Å²) in [7, 11) is 0. The van der Waals surface area contributed by atoms with Crippen LogP contribution in [0.1, 0.15) is 33.6 Å². The van der Waals surface area contributed by atoms with Crippen LogP contribution < -0.4 is 5.32 Å². The van der Waals surface area contributed by atoms with Crippen molar-refractivity contribution in [3.05, 3.63) is 0 Å². The van der Waals surface area contributed by atoms with Gasteiger partial charge in [0, 0.05) is 49.2 Å². The summed E-state index contributed by atoms with van der Waals surface area (Å²) < 4.78 is 5.74. The molecule has 2 heterocycles. The second kappa shape index (κ2) is 8.02. The van der Waals surface area contributed by atoms with Crippen LogP contribution in [0.2, 0.25) is 0 Å². The highest BCUT2D eigenvalue weighted by Gasteiger charge is 2.37. The molecule has 118 valence electrons. The summed E-state index contributed by atoms with van der Waals surface area (Å²) >= 11 is 2.16. The van der Waals surface area contributed by atoms with Crippen molar-refractivity contribution in [2.75, 3.05) is 51.7 Å². The first-order valence-electron chi connectivity index (χ1n) is 8.26. The number of nitrogens with zero attached hydrogens (tertiary/aromatic N) is 1. The molecule has 2 unspecified atom stereocenters. The first-order chi connectivity index (χ1) is 9.63. The van der Waals surface area contributed by atoms with Gasteiger partial charge in [0.1, 0.15) is 0 Å². The molecule has 3 nitrogen and oxygen atoms in total. The zero-order valence-corrected chi connectivity index (χ0v) is 14.3. The van der Waals surface area contributed by atoms with Gasteiger partial charge >= 0.3 is 0 Å². The van der Waals surface area contributed by atoms with E-state index in [1.54, 1.807) is 0 Å². The van der Waals surface area contributed by atoms with Crippen LogP contribution in [0.15, 0.2) is 0 Å². The highest BCUT2D eigenvalue weighted by Crippen LogP contribution is 2.31. The van der Waals surface area contributed by atoms with Gasteiger partial charge in [-0.15, -0.1) is 0 Å². The maximum Gasteiger partial charge on any atom is 0.0547 e. The van der Waals surface area contributed by atoms with E-state index < -0.39 is 0 Å². The Balaban J connectivity index is 1.84. The number of hydrogen-bond donors (Lipinski definition) is 1. The lowest BCUT2D eigenvalue weighted by atomic mass is 9.86. The van der Waals surface area contributed by atoms with Crippen LogP contribution in [-0.2, 0) is 4.74 Å². The minimum Gasteiger partial charge on any atom is -0.381 e. The molecule has 0 aliphatic carbocycles. The molecule has 2 rings (SSSR count). The lowest BCUT2D eigenvalue weighted by molar-refractivity contribution is 0.109. The van der Waals surface area contributed by atoms with Crippen molar-refractivity contribution in [1.82, 2.24) is 10.2 Å². The van der Waals surface area contributed by atoms with Crippen LogP contribution in [0.5, 0.6) is 0 Å². The summed E-state index contributed by atoms with van der Waals surface area (Å²) in [6, 6.07) is 0. The van der Waals surface area contributed by atoms with Crippen LogP contribution >= 0.6 is 11.8 Å². The summed E-state index contributed by atoms with van der Waals surface area (Å²) in [5, 5.41) is 4.51. The van der Waals surface area contributed by atoms with Gasteiger partial charge in [0.2, 0.25) is 0 Å². The molecule has 0 aromatic rings. The van der Waals surface area contributed by atoms with Gasteiger partial charge < -0.3 is 15.0 Å². The molecule has 4 heteroatoms. The number of ether oxygens (including phenoxy) is 1. The van der Waals surface area contributed by atoms with Gasteiger partial charge in [0.15, 0.2) is 0 Å². The molecule has 0 saturated carbocycles. The van der Waals surface area contributed by atoms with Crippen molar-refractivity contribution < 1.29 is 4.74 Å². The highest BCUT2D eigenvalue weighted by atomic mass is 32.2. The highest BCUT2D eigenvalue weighted by molar-refractivity contribution is 8.00. The average Bonchev–Trinajstić information content (AvgIpc) is 2.87. The van der Waals surface area contributed by atoms with E-state index in [1.165, 1.54) is 38.2 Å². The van der Waals surface area contributed by atoms with Gasteiger partial charge in [-0.2, -0.15) is 11.8 Å². The van der Waals surface area contributed by atoms with E-state index >= 15 is 0 Å². The van der Waals surface area contributed by atoms with Crippen LogP contribution in [0.4, 0.5) is 0 Å². The molecule has 0 aromatic carbocycles. The third kappa shape index (κ3) is 4.90. The summed E-state index contributed by atoms with van der Waals surface area (Å²) in [5.74, 6) is 2.03. The van der Waals surface area contributed by atoms with E-state index in [1.807, 2.05) is 0 Å². The Morgan fingerprint density at radius 1 is 1.45 bits per heavy atom. The van der Waals surface area contributed by atoms with Crippen molar-refractivity contribution in [3.63, 3.8) is 0 Å². The third-order valence-electron chi connectivity index (χ3n) is 4.47. The van der Waals surface area contributed by atoms with E-state index in [9.17, 15) is 0 Å². The van der Waals surface area contributed by atoms with E-state index in [2.05, 4.69) is 42.7 Å². The zero-order valence-electron chi connectivity index (χ0n) is 13.5. The average molecular weight is 301 g/mol. The van der Waals surface area contributed by atoms with E-state index in [4.69, 9.17) is 4.74 Å². The molecule has 2 saturated heterocycles. The molecule has 0 spiro atoms. The molecule has 0 bridgehead atoms. The Morgan fingerprint density at radius 2 is 2.30 bits per heavy atom. The van der Waals surface area contributed by atoms with Gasteiger partial charge in [0.25, 0.3) is 0 Å². The predicted octanol–water partition coefficient (Wildman–Crippen LogP) is 2.47. The van der Waals surface area contributed by atoms with Crippen molar-refractivity contribution in [2.45, 2.75) is 38.9 Å². The SMILES string of the molecule is CCC1CN(CC2(CNCC(C)C)CCOC2)CCS1. The fourth-order valence-electron chi connectivity index (χ4n) is 3.24. The van der Waals surface area contributed by atoms with Crippen molar-refractivity contribution in [1.29, 1.82) is 0 Å². The zero-order chi connectivity index (χ0) is 14.4. The summed E-state index contributed by atoms with van der Waals surface area (Å²) in [6.07, 6.45) is 2.52. The maximum absolute atomic E-state index is 5.74. The quantitative estimate of drug-likeness (QED) is 0.780. The number of rotatable bonds is 7. The Morgan fingerprint density at radius 3 is 2.95 bits per heavy atom. The smallest absolute Gasteiger partial charge is 0.0547 e. The van der Waals surface area contributed by atoms with Gasteiger partial charge in [0.05, 0.1) is 6.61 Å². The summed E-state index contributed by atoms with van der Waals surface area (Å²) in [6.45, 7) is 14.7. The van der Waals surface area contributed by atoms with Gasteiger partial charge in [-0.1, -0.05) is 20.8 Å². The van der Waals surface area contributed by atoms with Gasteiger partial charge in [-0.3, -0.25) is 0 Å².